The van der Waals surface area contributed by atoms with Gasteiger partial charge in [0.1, 0.15) is 6.29 Å². The first-order chi connectivity index (χ1) is 8.01. The summed E-state index contributed by atoms with van der Waals surface area (Å²) in [5.74, 6) is 0. The van der Waals surface area contributed by atoms with Gasteiger partial charge in [0, 0.05) is 0 Å². The van der Waals surface area contributed by atoms with Crippen LogP contribution in [0.3, 0.4) is 0 Å². The Kier molecular flexibility index (Phi) is 4.92. The van der Waals surface area contributed by atoms with Gasteiger partial charge in [-0.2, -0.15) is 0 Å². The summed E-state index contributed by atoms with van der Waals surface area (Å²) in [5.41, 5.74) is 4.33. The third kappa shape index (κ3) is 3.69. The summed E-state index contributed by atoms with van der Waals surface area (Å²) in [5, 5.41) is 0. The van der Waals surface area contributed by atoms with Crippen molar-refractivity contribution in [2.24, 2.45) is 5.41 Å². The van der Waals surface area contributed by atoms with Crippen molar-refractivity contribution in [2.45, 2.75) is 53.4 Å². The van der Waals surface area contributed by atoms with E-state index in [2.05, 4.69) is 39.8 Å². The van der Waals surface area contributed by atoms with E-state index >= 15 is 0 Å². The molecule has 0 radical (unpaired) electrons. The second kappa shape index (κ2) is 6.00. The van der Waals surface area contributed by atoms with Crippen LogP contribution in [0.5, 0.6) is 0 Å². The zero-order valence-electron chi connectivity index (χ0n) is 11.5. The van der Waals surface area contributed by atoms with Gasteiger partial charge in [-0.3, -0.25) is 4.79 Å². The van der Waals surface area contributed by atoms with Crippen LogP contribution >= 0.6 is 0 Å². The minimum absolute atomic E-state index is 0.277. The molecule has 0 heterocycles. The second-order valence-electron chi connectivity index (χ2n) is 5.50. The van der Waals surface area contributed by atoms with Gasteiger partial charge in [-0.05, 0) is 55.2 Å². The number of hydrogen-bond acceptors (Lipinski definition) is 1. The van der Waals surface area contributed by atoms with Crippen molar-refractivity contribution in [3.63, 3.8) is 0 Å². The van der Waals surface area contributed by atoms with Crippen LogP contribution in [0.4, 0.5) is 0 Å². The summed E-state index contributed by atoms with van der Waals surface area (Å²) in [6, 6.07) is 0. The largest absolute Gasteiger partial charge is 0.299 e. The zero-order chi connectivity index (χ0) is 12.9. The van der Waals surface area contributed by atoms with Gasteiger partial charge in [0.15, 0.2) is 0 Å². The van der Waals surface area contributed by atoms with Crippen molar-refractivity contribution < 1.29 is 4.79 Å². The van der Waals surface area contributed by atoms with Crippen molar-refractivity contribution in [3.05, 3.63) is 34.9 Å². The van der Waals surface area contributed by atoms with E-state index in [4.69, 9.17) is 0 Å². The highest BCUT2D eigenvalue weighted by Crippen LogP contribution is 2.40. The Bertz CT molecular complexity index is 367. The molecule has 0 aromatic rings. The average molecular weight is 232 g/mol. The molecular weight excluding hydrogens is 208 g/mol. The first-order valence-electron chi connectivity index (χ1n) is 6.54. The van der Waals surface area contributed by atoms with Crippen molar-refractivity contribution >= 4 is 6.29 Å². The Labute approximate surface area is 105 Å². The Hall–Kier alpha value is -1.11. The van der Waals surface area contributed by atoms with Gasteiger partial charge in [-0.25, -0.2) is 0 Å². The zero-order valence-corrected chi connectivity index (χ0v) is 11.5. The first-order valence-corrected chi connectivity index (χ1v) is 6.54. The molecule has 0 spiro atoms. The van der Waals surface area contributed by atoms with E-state index in [1.165, 1.54) is 30.4 Å². The maximum Gasteiger partial charge on any atom is 0.143 e. The lowest BCUT2D eigenvalue weighted by molar-refractivity contribution is -0.104. The molecule has 17 heavy (non-hydrogen) atoms. The fraction of sp³-hybridized carbons (Fsp3) is 0.562. The molecule has 1 rings (SSSR count). The minimum Gasteiger partial charge on any atom is -0.299 e. The van der Waals surface area contributed by atoms with Crippen molar-refractivity contribution in [1.29, 1.82) is 0 Å². The Morgan fingerprint density at radius 3 is 2.65 bits per heavy atom. The lowest BCUT2D eigenvalue weighted by Gasteiger charge is -2.33. The highest BCUT2D eigenvalue weighted by molar-refractivity contribution is 5.67. The topological polar surface area (TPSA) is 17.1 Å². The molecule has 1 aliphatic rings. The summed E-state index contributed by atoms with van der Waals surface area (Å²) in [6.45, 7) is 8.93. The van der Waals surface area contributed by atoms with E-state index in [-0.39, 0.29) is 5.41 Å². The van der Waals surface area contributed by atoms with Gasteiger partial charge in [-0.15, -0.1) is 0 Å². The Morgan fingerprint density at radius 2 is 2.12 bits per heavy atom. The molecular formula is C16H24O. The molecule has 0 aliphatic heterocycles. The fourth-order valence-corrected chi connectivity index (χ4v) is 2.58. The Balaban J connectivity index is 2.95. The summed E-state index contributed by atoms with van der Waals surface area (Å²) in [7, 11) is 0. The predicted molar refractivity (Wildman–Crippen MR) is 73.9 cm³/mol. The molecule has 0 atom stereocenters. The number of aldehydes is 1. The van der Waals surface area contributed by atoms with Crippen molar-refractivity contribution in [1.82, 2.24) is 0 Å². The molecule has 1 heteroatoms. The van der Waals surface area contributed by atoms with Crippen LogP contribution < -0.4 is 0 Å². The fourth-order valence-electron chi connectivity index (χ4n) is 2.58. The van der Waals surface area contributed by atoms with Gasteiger partial charge in [0.2, 0.25) is 0 Å². The summed E-state index contributed by atoms with van der Waals surface area (Å²) in [4.78, 5) is 10.5. The molecule has 0 fully saturated rings. The van der Waals surface area contributed by atoms with Gasteiger partial charge >= 0.3 is 0 Å². The van der Waals surface area contributed by atoms with E-state index in [9.17, 15) is 4.79 Å². The molecule has 0 aromatic carbocycles. The standard InChI is InChI=1S/C16H24O/c1-5-14(10-12-17)8-9-15-13(2)7-6-11-16(15,3)4/h8-10,12H,5-7,11H2,1-4H3/b9-8+,14-10-. The second-order valence-corrected chi connectivity index (χ2v) is 5.50. The van der Waals surface area contributed by atoms with Crippen LogP contribution in [-0.2, 0) is 4.79 Å². The quantitative estimate of drug-likeness (QED) is 0.393. The maximum atomic E-state index is 10.5. The number of hydrogen-bond donors (Lipinski definition) is 0. The lowest BCUT2D eigenvalue weighted by Crippen LogP contribution is -2.19. The highest BCUT2D eigenvalue weighted by atomic mass is 16.1. The molecule has 0 saturated carbocycles. The van der Waals surface area contributed by atoms with Crippen molar-refractivity contribution in [3.8, 4) is 0 Å². The predicted octanol–water partition coefficient (Wildman–Crippen LogP) is 4.60. The Morgan fingerprint density at radius 1 is 1.41 bits per heavy atom. The SMILES string of the molecule is CCC(=C/C=O)/C=C/C1=C(C)CCCC1(C)C. The van der Waals surface area contributed by atoms with Gasteiger partial charge in [-0.1, -0.05) is 38.5 Å². The number of rotatable bonds is 4. The van der Waals surface area contributed by atoms with Crippen LogP contribution in [0.2, 0.25) is 0 Å². The third-order valence-corrected chi connectivity index (χ3v) is 3.70. The summed E-state index contributed by atoms with van der Waals surface area (Å²) < 4.78 is 0. The molecule has 1 nitrogen and oxygen atoms in total. The van der Waals surface area contributed by atoms with Gasteiger partial charge in [0.05, 0.1) is 0 Å². The lowest BCUT2D eigenvalue weighted by atomic mass is 9.72. The molecule has 94 valence electrons. The monoisotopic (exact) mass is 232 g/mol. The number of carbonyl (C=O) groups excluding carboxylic acids is 1. The highest BCUT2D eigenvalue weighted by Gasteiger charge is 2.26. The van der Waals surface area contributed by atoms with Gasteiger partial charge < -0.3 is 0 Å². The van der Waals surface area contributed by atoms with Crippen molar-refractivity contribution in [2.75, 3.05) is 0 Å². The van der Waals surface area contributed by atoms with Crippen LogP contribution in [0.1, 0.15) is 53.4 Å². The molecule has 0 unspecified atom stereocenters. The normalized spacial score (nSPS) is 21.1. The van der Waals surface area contributed by atoms with E-state index in [0.717, 1.165) is 18.3 Å². The van der Waals surface area contributed by atoms with E-state index in [1.807, 2.05) is 0 Å². The van der Waals surface area contributed by atoms with E-state index in [1.54, 1.807) is 6.08 Å². The van der Waals surface area contributed by atoms with Crippen LogP contribution in [-0.4, -0.2) is 6.29 Å². The van der Waals surface area contributed by atoms with Crippen LogP contribution in [0, 0.1) is 5.41 Å². The minimum atomic E-state index is 0.277. The third-order valence-electron chi connectivity index (χ3n) is 3.70. The molecule has 0 amide bonds. The van der Waals surface area contributed by atoms with Crippen LogP contribution in [0.15, 0.2) is 34.9 Å². The number of allylic oxidation sites excluding steroid dienone is 6. The van der Waals surface area contributed by atoms with Crippen LogP contribution in [0.25, 0.3) is 0 Å². The molecule has 0 N–H and O–H groups in total. The average Bonchev–Trinajstić information content (AvgIpc) is 2.26. The maximum absolute atomic E-state index is 10.5. The smallest absolute Gasteiger partial charge is 0.143 e. The van der Waals surface area contributed by atoms with E-state index in [0.29, 0.717) is 0 Å². The summed E-state index contributed by atoms with van der Waals surface area (Å²) >= 11 is 0. The summed E-state index contributed by atoms with van der Waals surface area (Å²) in [6.07, 6.45) is 11.5. The van der Waals surface area contributed by atoms with E-state index < -0.39 is 0 Å². The first kappa shape index (κ1) is 14.0. The molecule has 0 bridgehead atoms. The molecule has 0 aromatic heterocycles. The molecule has 0 saturated heterocycles. The number of carbonyl (C=O) groups is 1. The van der Waals surface area contributed by atoms with Gasteiger partial charge in [0.25, 0.3) is 0 Å². The molecule has 1 aliphatic carbocycles.